The first-order chi connectivity index (χ1) is 13.4. The van der Waals surface area contributed by atoms with Gasteiger partial charge in [0.15, 0.2) is 0 Å². The van der Waals surface area contributed by atoms with E-state index in [4.69, 9.17) is 10.5 Å². The van der Waals surface area contributed by atoms with Crippen molar-refractivity contribution in [2.24, 2.45) is 5.92 Å². The molecule has 1 aliphatic heterocycles. The topological polar surface area (TPSA) is 85.1 Å². The predicted octanol–water partition coefficient (Wildman–Crippen LogP) is 1.90. The number of nitrogen functional groups attached to an aromatic ring is 1. The number of aryl methyl sites for hydroxylation is 1. The summed E-state index contributed by atoms with van der Waals surface area (Å²) in [6.07, 6.45) is 2.17. The molecular formula is C20H27F2N5O. The molecule has 0 aromatic carbocycles. The first-order valence-corrected chi connectivity index (χ1v) is 9.49. The number of hydrogen-bond acceptors (Lipinski definition) is 6. The SMILES string of the molecule is Cc1cc(N)nc(C[C@@H]2CNC[C@@H]2OCCNCC(F)(F)c2ccccn2)c1. The van der Waals surface area contributed by atoms with E-state index in [2.05, 4.69) is 20.6 Å². The standard InChI is InChI=1S/C20H27F2N5O/c1-14-8-16(27-19(23)9-14)10-15-11-25-12-17(15)28-7-6-24-13-20(21,22)18-4-2-3-5-26-18/h2-5,8-9,15,17,24-25H,6-7,10-13H2,1H3,(H2,23,27)/t15-,17+/m1/s1. The molecule has 4 N–H and O–H groups in total. The number of halogens is 2. The number of ether oxygens (including phenoxy) is 1. The maximum atomic E-state index is 14.1. The van der Waals surface area contributed by atoms with Crippen molar-refractivity contribution in [3.8, 4) is 0 Å². The average molecular weight is 391 g/mol. The second kappa shape index (κ2) is 9.36. The lowest BCUT2D eigenvalue weighted by Gasteiger charge is -2.20. The van der Waals surface area contributed by atoms with E-state index in [0.717, 1.165) is 30.8 Å². The lowest BCUT2D eigenvalue weighted by Crippen LogP contribution is -2.35. The zero-order valence-corrected chi connectivity index (χ0v) is 16.0. The summed E-state index contributed by atoms with van der Waals surface area (Å²) in [6.45, 7) is 3.83. The van der Waals surface area contributed by atoms with Crippen molar-refractivity contribution >= 4 is 5.82 Å². The summed E-state index contributed by atoms with van der Waals surface area (Å²) >= 11 is 0. The normalized spacial score (nSPS) is 19.8. The number of nitrogens with two attached hydrogens (primary N) is 1. The van der Waals surface area contributed by atoms with Crippen molar-refractivity contribution in [1.82, 2.24) is 20.6 Å². The number of rotatable bonds is 9. The van der Waals surface area contributed by atoms with Crippen LogP contribution in [0, 0.1) is 12.8 Å². The minimum Gasteiger partial charge on any atom is -0.384 e. The van der Waals surface area contributed by atoms with Gasteiger partial charge in [0.05, 0.1) is 19.3 Å². The summed E-state index contributed by atoms with van der Waals surface area (Å²) in [4.78, 5) is 8.12. The van der Waals surface area contributed by atoms with Crippen LogP contribution >= 0.6 is 0 Å². The number of nitrogens with zero attached hydrogens (tertiary/aromatic N) is 2. The number of pyridine rings is 2. The minimum atomic E-state index is -3.00. The molecule has 152 valence electrons. The highest BCUT2D eigenvalue weighted by Gasteiger charge is 2.32. The van der Waals surface area contributed by atoms with Crippen LogP contribution in [0.4, 0.5) is 14.6 Å². The number of aromatic nitrogens is 2. The van der Waals surface area contributed by atoms with E-state index in [1.54, 1.807) is 12.1 Å². The fourth-order valence-electron chi connectivity index (χ4n) is 3.45. The zero-order chi connectivity index (χ0) is 20.0. The van der Waals surface area contributed by atoms with Gasteiger partial charge in [0.25, 0.3) is 0 Å². The quantitative estimate of drug-likeness (QED) is 0.566. The van der Waals surface area contributed by atoms with Gasteiger partial charge >= 0.3 is 5.92 Å². The Balaban J connectivity index is 1.41. The van der Waals surface area contributed by atoms with Gasteiger partial charge in [-0.2, -0.15) is 8.78 Å². The maximum absolute atomic E-state index is 14.1. The number of anilines is 1. The molecule has 0 radical (unpaired) electrons. The lowest BCUT2D eigenvalue weighted by atomic mass is 9.99. The van der Waals surface area contributed by atoms with Crippen LogP contribution in [0.3, 0.4) is 0 Å². The molecule has 1 fully saturated rings. The van der Waals surface area contributed by atoms with Crippen LogP contribution in [-0.2, 0) is 17.1 Å². The Morgan fingerprint density at radius 2 is 2.18 bits per heavy atom. The van der Waals surface area contributed by atoms with E-state index in [0.29, 0.717) is 19.0 Å². The van der Waals surface area contributed by atoms with Crippen LogP contribution in [0.2, 0.25) is 0 Å². The predicted molar refractivity (Wildman–Crippen MR) is 104 cm³/mol. The third-order valence-electron chi connectivity index (χ3n) is 4.79. The van der Waals surface area contributed by atoms with Gasteiger partial charge in [0.1, 0.15) is 11.5 Å². The highest BCUT2D eigenvalue weighted by Crippen LogP contribution is 2.24. The van der Waals surface area contributed by atoms with Crippen LogP contribution in [-0.4, -0.2) is 48.9 Å². The Morgan fingerprint density at radius 3 is 2.93 bits per heavy atom. The smallest absolute Gasteiger partial charge is 0.301 e. The molecule has 8 heteroatoms. The molecule has 3 rings (SSSR count). The molecule has 3 heterocycles. The summed E-state index contributed by atoms with van der Waals surface area (Å²) in [5.41, 5.74) is 7.64. The minimum absolute atomic E-state index is 0.0293. The summed E-state index contributed by atoms with van der Waals surface area (Å²) in [5, 5.41) is 6.09. The Bertz CT molecular complexity index is 739. The Hall–Kier alpha value is -2.16. The van der Waals surface area contributed by atoms with Gasteiger partial charge in [0.2, 0.25) is 0 Å². The molecule has 6 nitrogen and oxygen atoms in total. The van der Waals surface area contributed by atoms with E-state index < -0.39 is 12.5 Å². The third kappa shape index (κ3) is 5.67. The van der Waals surface area contributed by atoms with Gasteiger partial charge in [-0.3, -0.25) is 4.98 Å². The van der Waals surface area contributed by atoms with E-state index in [1.807, 2.05) is 19.1 Å². The van der Waals surface area contributed by atoms with E-state index in [1.165, 1.54) is 12.3 Å². The number of nitrogens with one attached hydrogen (secondary N) is 2. The molecule has 2 atom stereocenters. The fourth-order valence-corrected chi connectivity index (χ4v) is 3.45. The fraction of sp³-hybridized carbons (Fsp3) is 0.500. The van der Waals surface area contributed by atoms with Crippen molar-refractivity contribution in [3.05, 3.63) is 53.5 Å². The Labute approximate surface area is 163 Å². The molecule has 1 aliphatic rings. The van der Waals surface area contributed by atoms with Crippen molar-refractivity contribution in [2.75, 3.05) is 38.5 Å². The summed E-state index contributed by atoms with van der Waals surface area (Å²) in [7, 11) is 0. The molecule has 2 aromatic heterocycles. The van der Waals surface area contributed by atoms with Crippen LogP contribution in [0.5, 0.6) is 0 Å². The molecule has 0 bridgehead atoms. The summed E-state index contributed by atoms with van der Waals surface area (Å²) in [5.74, 6) is -2.20. The molecule has 0 amide bonds. The molecule has 1 saturated heterocycles. The Morgan fingerprint density at radius 1 is 1.32 bits per heavy atom. The van der Waals surface area contributed by atoms with Crippen molar-refractivity contribution in [3.63, 3.8) is 0 Å². The highest BCUT2D eigenvalue weighted by molar-refractivity contribution is 5.34. The molecule has 0 aliphatic carbocycles. The Kier molecular flexibility index (Phi) is 6.88. The van der Waals surface area contributed by atoms with E-state index >= 15 is 0 Å². The third-order valence-corrected chi connectivity index (χ3v) is 4.79. The number of alkyl halides is 2. The monoisotopic (exact) mass is 391 g/mol. The molecule has 0 unspecified atom stereocenters. The van der Waals surface area contributed by atoms with Gasteiger partial charge < -0.3 is 21.1 Å². The summed E-state index contributed by atoms with van der Waals surface area (Å²) in [6, 6.07) is 8.39. The van der Waals surface area contributed by atoms with Crippen molar-refractivity contribution in [2.45, 2.75) is 25.4 Å². The van der Waals surface area contributed by atoms with Gasteiger partial charge in [-0.25, -0.2) is 4.98 Å². The molecule has 0 saturated carbocycles. The largest absolute Gasteiger partial charge is 0.384 e. The van der Waals surface area contributed by atoms with Crippen molar-refractivity contribution < 1.29 is 13.5 Å². The van der Waals surface area contributed by atoms with E-state index in [-0.39, 0.29) is 17.7 Å². The van der Waals surface area contributed by atoms with Crippen LogP contribution in [0.25, 0.3) is 0 Å². The molecule has 28 heavy (non-hydrogen) atoms. The van der Waals surface area contributed by atoms with Crippen molar-refractivity contribution in [1.29, 1.82) is 0 Å². The maximum Gasteiger partial charge on any atom is 0.301 e. The average Bonchev–Trinajstić information content (AvgIpc) is 3.08. The van der Waals surface area contributed by atoms with Gasteiger partial charge in [-0.05, 0) is 43.2 Å². The molecule has 2 aromatic rings. The van der Waals surface area contributed by atoms with E-state index in [9.17, 15) is 8.78 Å². The van der Waals surface area contributed by atoms with Crippen LogP contribution in [0.1, 0.15) is 17.0 Å². The van der Waals surface area contributed by atoms with Crippen LogP contribution in [0.15, 0.2) is 36.5 Å². The van der Waals surface area contributed by atoms with Crippen LogP contribution < -0.4 is 16.4 Å². The highest BCUT2D eigenvalue weighted by atomic mass is 19.3. The first kappa shape index (κ1) is 20.6. The second-order valence-electron chi connectivity index (χ2n) is 7.19. The molecule has 0 spiro atoms. The van der Waals surface area contributed by atoms with Gasteiger partial charge in [-0.15, -0.1) is 0 Å². The lowest BCUT2D eigenvalue weighted by molar-refractivity contribution is -0.0119. The number of hydrogen-bond donors (Lipinski definition) is 3. The van der Waals surface area contributed by atoms with Gasteiger partial charge in [0, 0.05) is 37.4 Å². The zero-order valence-electron chi connectivity index (χ0n) is 16.0. The summed E-state index contributed by atoms with van der Waals surface area (Å²) < 4.78 is 34.0. The van der Waals surface area contributed by atoms with Gasteiger partial charge in [-0.1, -0.05) is 6.07 Å². The molecular weight excluding hydrogens is 364 g/mol. The first-order valence-electron chi connectivity index (χ1n) is 9.49. The second-order valence-corrected chi connectivity index (χ2v) is 7.19.